The van der Waals surface area contributed by atoms with Gasteiger partial charge in [-0.1, -0.05) is 287 Å². The van der Waals surface area contributed by atoms with Gasteiger partial charge in [0.15, 0.2) is 6.10 Å². The van der Waals surface area contributed by atoms with Crippen molar-refractivity contribution in [2.45, 2.75) is 322 Å². The summed E-state index contributed by atoms with van der Waals surface area (Å²) < 4.78 is 16.8. The Morgan fingerprint density at radius 3 is 0.944 bits per heavy atom. The molecule has 0 aliphatic rings. The van der Waals surface area contributed by atoms with Gasteiger partial charge in [0.05, 0.1) is 0 Å². The summed E-state index contributed by atoms with van der Waals surface area (Å²) in [5.74, 6) is -0.965. The van der Waals surface area contributed by atoms with Crippen molar-refractivity contribution in [3.05, 3.63) is 60.8 Å². The summed E-state index contributed by atoms with van der Waals surface area (Å²) in [6.45, 7) is 6.50. The molecule has 0 aromatic carbocycles. The first-order valence-corrected chi connectivity index (χ1v) is 30.8. The minimum absolute atomic E-state index is 0.0938. The van der Waals surface area contributed by atoms with E-state index in [0.29, 0.717) is 19.3 Å². The monoisotopic (exact) mass is 993 g/mol. The van der Waals surface area contributed by atoms with Crippen LogP contribution in [-0.4, -0.2) is 37.2 Å². The second-order valence-corrected chi connectivity index (χ2v) is 20.6. The zero-order valence-electron chi connectivity index (χ0n) is 47.2. The molecule has 6 heteroatoms. The Morgan fingerprint density at radius 1 is 0.296 bits per heavy atom. The Morgan fingerprint density at radius 2 is 0.577 bits per heavy atom. The molecular formula is C65H116O6. The Hall–Kier alpha value is -2.89. The lowest BCUT2D eigenvalue weighted by Crippen LogP contribution is -2.30. The van der Waals surface area contributed by atoms with E-state index < -0.39 is 6.10 Å². The molecule has 0 fully saturated rings. The smallest absolute Gasteiger partial charge is 0.306 e. The minimum atomic E-state index is -0.802. The fourth-order valence-electron chi connectivity index (χ4n) is 8.92. The van der Waals surface area contributed by atoms with Gasteiger partial charge in [-0.05, 0) is 70.6 Å². The SMILES string of the molecule is CC/C=C\C/C=C\C/C=C\C/C=C\CCC(=O)OCC(COC(=O)CCCCCCCCCCCCCCCCCCCCCCC)OC(=O)CCCCCCCCCCC/C=C\CCCCCCCC. The summed E-state index contributed by atoms with van der Waals surface area (Å²) >= 11 is 0. The van der Waals surface area contributed by atoms with Crippen LogP contribution in [-0.2, 0) is 28.6 Å². The molecule has 0 amide bonds. The van der Waals surface area contributed by atoms with Crippen molar-refractivity contribution >= 4 is 17.9 Å². The second kappa shape index (κ2) is 59.7. The maximum Gasteiger partial charge on any atom is 0.306 e. The first-order valence-electron chi connectivity index (χ1n) is 30.8. The van der Waals surface area contributed by atoms with E-state index in [4.69, 9.17) is 14.2 Å². The van der Waals surface area contributed by atoms with Gasteiger partial charge >= 0.3 is 17.9 Å². The van der Waals surface area contributed by atoms with Gasteiger partial charge in [-0.2, -0.15) is 0 Å². The lowest BCUT2D eigenvalue weighted by Gasteiger charge is -2.18. The molecule has 0 saturated heterocycles. The number of unbranched alkanes of at least 4 members (excludes halogenated alkanes) is 35. The fourth-order valence-corrected chi connectivity index (χ4v) is 8.92. The van der Waals surface area contributed by atoms with Crippen LogP contribution in [0, 0.1) is 0 Å². The average Bonchev–Trinajstić information content (AvgIpc) is 3.37. The maximum absolute atomic E-state index is 12.9. The van der Waals surface area contributed by atoms with E-state index in [2.05, 4.69) is 75.5 Å². The van der Waals surface area contributed by atoms with Gasteiger partial charge in [-0.3, -0.25) is 14.4 Å². The molecule has 0 saturated carbocycles. The highest BCUT2D eigenvalue weighted by molar-refractivity contribution is 5.71. The Labute approximate surface area is 440 Å². The standard InChI is InChI=1S/C65H116O6/c1-4-7-10-13-16-19-22-25-27-29-31-32-34-35-37-40-43-46-49-52-55-58-64(67)70-61-62(60-69-63(66)57-54-51-48-45-42-39-24-21-18-15-12-9-6-3)71-65(68)59-56-53-50-47-44-41-38-36-33-30-28-26-23-20-17-14-11-8-5-2/h9,12,18,21,26,28,39,42,48,51,62H,4-8,10-11,13-17,19-20,22-25,27,29-38,40-41,43-47,49-50,52-61H2,1-3H3/b12-9-,21-18-,28-26-,42-39-,51-48-. The van der Waals surface area contributed by atoms with E-state index in [1.54, 1.807) is 0 Å². The van der Waals surface area contributed by atoms with Gasteiger partial charge in [-0.25, -0.2) is 0 Å². The van der Waals surface area contributed by atoms with Gasteiger partial charge in [0.1, 0.15) is 13.2 Å². The lowest BCUT2D eigenvalue weighted by molar-refractivity contribution is -0.166. The molecule has 0 aromatic heterocycles. The number of allylic oxidation sites excluding steroid dienone is 10. The zero-order valence-corrected chi connectivity index (χ0v) is 47.2. The Bertz CT molecular complexity index is 1280. The molecule has 412 valence electrons. The van der Waals surface area contributed by atoms with Crippen LogP contribution in [0.15, 0.2) is 60.8 Å². The molecule has 0 spiro atoms. The van der Waals surface area contributed by atoms with E-state index in [1.807, 2.05) is 6.08 Å². The van der Waals surface area contributed by atoms with Crippen LogP contribution in [0.5, 0.6) is 0 Å². The number of ether oxygens (including phenoxy) is 3. The van der Waals surface area contributed by atoms with Crippen LogP contribution in [0.2, 0.25) is 0 Å². The van der Waals surface area contributed by atoms with Crippen LogP contribution >= 0.6 is 0 Å². The van der Waals surface area contributed by atoms with Crippen molar-refractivity contribution in [2.75, 3.05) is 13.2 Å². The average molecular weight is 994 g/mol. The number of esters is 3. The predicted molar refractivity (Wildman–Crippen MR) is 307 cm³/mol. The molecule has 0 aliphatic carbocycles. The van der Waals surface area contributed by atoms with Crippen LogP contribution in [0.4, 0.5) is 0 Å². The molecule has 71 heavy (non-hydrogen) atoms. The summed E-state index contributed by atoms with van der Waals surface area (Å²) in [5.41, 5.74) is 0. The van der Waals surface area contributed by atoms with Crippen molar-refractivity contribution in [1.29, 1.82) is 0 Å². The second-order valence-electron chi connectivity index (χ2n) is 20.6. The Balaban J connectivity index is 4.34. The third-order valence-corrected chi connectivity index (χ3v) is 13.5. The van der Waals surface area contributed by atoms with E-state index in [9.17, 15) is 14.4 Å². The predicted octanol–water partition coefficient (Wildman–Crippen LogP) is 20.8. The third kappa shape index (κ3) is 57.9. The molecule has 6 nitrogen and oxygen atoms in total. The minimum Gasteiger partial charge on any atom is -0.462 e. The normalized spacial score (nSPS) is 12.4. The van der Waals surface area contributed by atoms with Crippen molar-refractivity contribution < 1.29 is 28.6 Å². The number of carbonyl (C=O) groups excluding carboxylic acids is 3. The summed E-state index contributed by atoms with van der Waals surface area (Å²) in [6.07, 6.45) is 75.3. The van der Waals surface area contributed by atoms with Crippen LogP contribution in [0.25, 0.3) is 0 Å². The van der Waals surface area contributed by atoms with Crippen molar-refractivity contribution in [2.24, 2.45) is 0 Å². The molecule has 0 aromatic rings. The van der Waals surface area contributed by atoms with Crippen molar-refractivity contribution in [1.82, 2.24) is 0 Å². The number of rotatable bonds is 56. The highest BCUT2D eigenvalue weighted by Gasteiger charge is 2.19. The maximum atomic E-state index is 12.9. The number of carbonyl (C=O) groups is 3. The van der Waals surface area contributed by atoms with Crippen molar-refractivity contribution in [3.63, 3.8) is 0 Å². The summed E-state index contributed by atoms with van der Waals surface area (Å²) in [4.78, 5) is 38.2. The fraction of sp³-hybridized carbons (Fsp3) is 0.800. The van der Waals surface area contributed by atoms with Crippen molar-refractivity contribution in [3.8, 4) is 0 Å². The molecule has 0 rings (SSSR count). The van der Waals surface area contributed by atoms with Crippen LogP contribution < -0.4 is 0 Å². The van der Waals surface area contributed by atoms with E-state index in [-0.39, 0.29) is 37.5 Å². The van der Waals surface area contributed by atoms with Crippen LogP contribution in [0.1, 0.15) is 316 Å². The first-order chi connectivity index (χ1) is 35.0. The zero-order chi connectivity index (χ0) is 51.4. The number of hydrogen-bond donors (Lipinski definition) is 0. The van der Waals surface area contributed by atoms with E-state index >= 15 is 0 Å². The molecule has 1 unspecified atom stereocenters. The summed E-state index contributed by atoms with van der Waals surface area (Å²) in [5, 5.41) is 0. The molecule has 0 N–H and O–H groups in total. The molecular weight excluding hydrogens is 877 g/mol. The highest BCUT2D eigenvalue weighted by Crippen LogP contribution is 2.17. The highest BCUT2D eigenvalue weighted by atomic mass is 16.6. The van der Waals surface area contributed by atoms with E-state index in [0.717, 1.165) is 64.2 Å². The Kier molecular flexibility index (Phi) is 57.2. The summed E-state index contributed by atoms with van der Waals surface area (Å²) in [6, 6.07) is 0. The van der Waals surface area contributed by atoms with Crippen LogP contribution in [0.3, 0.4) is 0 Å². The number of hydrogen-bond acceptors (Lipinski definition) is 6. The molecule has 0 heterocycles. The molecule has 0 bridgehead atoms. The van der Waals surface area contributed by atoms with Gasteiger partial charge in [0.25, 0.3) is 0 Å². The topological polar surface area (TPSA) is 78.9 Å². The first kappa shape index (κ1) is 68.1. The van der Waals surface area contributed by atoms with Gasteiger partial charge in [-0.15, -0.1) is 0 Å². The third-order valence-electron chi connectivity index (χ3n) is 13.5. The summed E-state index contributed by atoms with van der Waals surface area (Å²) in [7, 11) is 0. The largest absolute Gasteiger partial charge is 0.462 e. The molecule has 0 radical (unpaired) electrons. The van der Waals surface area contributed by atoms with Gasteiger partial charge < -0.3 is 14.2 Å². The van der Waals surface area contributed by atoms with Gasteiger partial charge in [0, 0.05) is 19.3 Å². The quantitative estimate of drug-likeness (QED) is 0.0261. The van der Waals surface area contributed by atoms with Gasteiger partial charge in [0.2, 0.25) is 0 Å². The molecule has 1 atom stereocenters. The molecule has 0 aliphatic heterocycles. The van der Waals surface area contributed by atoms with E-state index in [1.165, 1.54) is 205 Å². The lowest BCUT2D eigenvalue weighted by atomic mass is 10.0.